The van der Waals surface area contributed by atoms with E-state index in [1.165, 1.54) is 0 Å². The summed E-state index contributed by atoms with van der Waals surface area (Å²) in [5, 5.41) is 2.96. The zero-order valence-electron chi connectivity index (χ0n) is 14.2. The van der Waals surface area contributed by atoms with E-state index in [-0.39, 0.29) is 5.91 Å². The number of hydrogen-bond acceptors (Lipinski definition) is 2. The first-order valence-electron chi connectivity index (χ1n) is 8.27. The van der Waals surface area contributed by atoms with Crippen molar-refractivity contribution in [3.05, 3.63) is 95.6 Å². The number of rotatable bonds is 6. The van der Waals surface area contributed by atoms with Gasteiger partial charge in [0, 0.05) is 19.2 Å². The molecule has 0 atom stereocenters. The van der Waals surface area contributed by atoms with E-state index >= 15 is 0 Å². The van der Waals surface area contributed by atoms with Crippen LogP contribution in [0.2, 0.25) is 0 Å². The number of nitrogens with one attached hydrogen (secondary N) is 1. The van der Waals surface area contributed by atoms with Crippen LogP contribution in [0.15, 0.2) is 78.9 Å². The topological polar surface area (TPSA) is 38.3 Å². The van der Waals surface area contributed by atoms with Gasteiger partial charge < -0.3 is 10.1 Å². The van der Waals surface area contributed by atoms with E-state index in [1.807, 2.05) is 66.7 Å². The molecule has 3 nitrogen and oxygen atoms in total. The van der Waals surface area contributed by atoms with Gasteiger partial charge in [0.05, 0.1) is 6.61 Å². The Kier molecular flexibility index (Phi) is 5.60. The van der Waals surface area contributed by atoms with Crippen LogP contribution in [0.1, 0.15) is 21.5 Å². The molecular weight excluding hydrogens is 310 g/mol. The number of benzene rings is 3. The number of ether oxygens (including phenoxy) is 1. The fraction of sp³-hybridized carbons (Fsp3) is 0.136. The summed E-state index contributed by atoms with van der Waals surface area (Å²) in [4.78, 5) is 12.3. The largest absolute Gasteiger partial charge is 0.380 e. The second-order valence-electron chi connectivity index (χ2n) is 5.88. The summed E-state index contributed by atoms with van der Waals surface area (Å²) in [7, 11) is 1.67. The van der Waals surface area contributed by atoms with Gasteiger partial charge in [0.1, 0.15) is 0 Å². The summed E-state index contributed by atoms with van der Waals surface area (Å²) >= 11 is 0. The number of carbonyl (C=O) groups excluding carboxylic acids is 1. The summed E-state index contributed by atoms with van der Waals surface area (Å²) in [5.41, 5.74) is 5.06. The zero-order chi connectivity index (χ0) is 17.5. The molecule has 0 unspecified atom stereocenters. The molecule has 0 saturated heterocycles. The third-order valence-electron chi connectivity index (χ3n) is 4.01. The molecule has 0 fully saturated rings. The van der Waals surface area contributed by atoms with Crippen LogP contribution in [0.3, 0.4) is 0 Å². The summed E-state index contributed by atoms with van der Waals surface area (Å²) in [6.45, 7) is 1.07. The molecule has 0 spiro atoms. The monoisotopic (exact) mass is 331 g/mol. The van der Waals surface area contributed by atoms with Crippen molar-refractivity contribution in [2.24, 2.45) is 0 Å². The lowest BCUT2D eigenvalue weighted by atomic mass is 10.0. The summed E-state index contributed by atoms with van der Waals surface area (Å²) in [6, 6.07) is 25.8. The summed E-state index contributed by atoms with van der Waals surface area (Å²) in [6.07, 6.45) is 0. The van der Waals surface area contributed by atoms with Crippen molar-refractivity contribution in [3.8, 4) is 11.1 Å². The predicted molar refractivity (Wildman–Crippen MR) is 100 cm³/mol. The molecule has 0 aromatic heterocycles. The molecule has 3 aromatic carbocycles. The Bertz CT molecular complexity index is 826. The first kappa shape index (κ1) is 16.9. The van der Waals surface area contributed by atoms with Gasteiger partial charge in [-0.1, -0.05) is 66.7 Å². The van der Waals surface area contributed by atoms with Crippen molar-refractivity contribution in [1.29, 1.82) is 0 Å². The Hall–Kier alpha value is -2.91. The molecule has 1 N–H and O–H groups in total. The standard InChI is InChI=1S/C22H21NO2/c1-25-16-18-7-5-6-17(14-18)15-23-22(24)21-12-10-20(11-13-21)19-8-3-2-4-9-19/h2-14H,15-16H2,1H3,(H,23,24). The Morgan fingerprint density at radius 3 is 2.24 bits per heavy atom. The molecule has 0 bridgehead atoms. The van der Waals surface area contributed by atoms with Gasteiger partial charge in [-0.3, -0.25) is 4.79 Å². The average Bonchev–Trinajstić information content (AvgIpc) is 2.67. The average molecular weight is 331 g/mol. The molecule has 3 rings (SSSR count). The van der Waals surface area contributed by atoms with Crippen LogP contribution in [0.4, 0.5) is 0 Å². The number of hydrogen-bond donors (Lipinski definition) is 1. The van der Waals surface area contributed by atoms with Crippen molar-refractivity contribution < 1.29 is 9.53 Å². The van der Waals surface area contributed by atoms with Crippen LogP contribution in [0.25, 0.3) is 11.1 Å². The third-order valence-corrected chi connectivity index (χ3v) is 4.01. The van der Waals surface area contributed by atoms with Crippen molar-refractivity contribution in [2.45, 2.75) is 13.2 Å². The minimum absolute atomic E-state index is 0.0724. The minimum atomic E-state index is -0.0724. The molecule has 0 aliphatic rings. The molecule has 3 aromatic rings. The quantitative estimate of drug-likeness (QED) is 0.725. The Morgan fingerprint density at radius 1 is 0.840 bits per heavy atom. The van der Waals surface area contributed by atoms with Crippen molar-refractivity contribution in [3.63, 3.8) is 0 Å². The van der Waals surface area contributed by atoms with E-state index in [2.05, 4.69) is 17.4 Å². The smallest absolute Gasteiger partial charge is 0.251 e. The fourth-order valence-electron chi connectivity index (χ4n) is 2.73. The molecule has 0 aliphatic carbocycles. The SMILES string of the molecule is COCc1cccc(CNC(=O)c2ccc(-c3ccccc3)cc2)c1. The Labute approximate surface area is 148 Å². The molecule has 0 saturated carbocycles. The zero-order valence-corrected chi connectivity index (χ0v) is 14.2. The molecule has 0 aliphatic heterocycles. The lowest BCUT2D eigenvalue weighted by Crippen LogP contribution is -2.22. The van der Waals surface area contributed by atoms with Crippen LogP contribution in [-0.4, -0.2) is 13.0 Å². The fourth-order valence-corrected chi connectivity index (χ4v) is 2.73. The molecule has 0 heterocycles. The van der Waals surface area contributed by atoms with Gasteiger partial charge in [-0.05, 0) is 34.4 Å². The van der Waals surface area contributed by atoms with E-state index in [9.17, 15) is 4.79 Å². The van der Waals surface area contributed by atoms with Gasteiger partial charge in [0.15, 0.2) is 0 Å². The van der Waals surface area contributed by atoms with Crippen molar-refractivity contribution >= 4 is 5.91 Å². The first-order chi connectivity index (χ1) is 12.3. The van der Waals surface area contributed by atoms with Crippen LogP contribution in [0.5, 0.6) is 0 Å². The highest BCUT2D eigenvalue weighted by molar-refractivity contribution is 5.94. The lowest BCUT2D eigenvalue weighted by molar-refractivity contribution is 0.0951. The van der Waals surface area contributed by atoms with Crippen molar-refractivity contribution in [1.82, 2.24) is 5.32 Å². The molecule has 1 amide bonds. The molecule has 126 valence electrons. The number of methoxy groups -OCH3 is 1. The highest BCUT2D eigenvalue weighted by Crippen LogP contribution is 2.19. The first-order valence-corrected chi connectivity index (χ1v) is 8.27. The van der Waals surface area contributed by atoms with Gasteiger partial charge in [-0.15, -0.1) is 0 Å². The van der Waals surface area contributed by atoms with E-state index in [1.54, 1.807) is 7.11 Å². The molecular formula is C22H21NO2. The number of carbonyl (C=O) groups is 1. The lowest BCUT2D eigenvalue weighted by Gasteiger charge is -2.08. The molecule has 3 heteroatoms. The second-order valence-corrected chi connectivity index (χ2v) is 5.88. The maximum absolute atomic E-state index is 12.3. The predicted octanol–water partition coefficient (Wildman–Crippen LogP) is 4.43. The normalized spacial score (nSPS) is 10.4. The summed E-state index contributed by atoms with van der Waals surface area (Å²) in [5.74, 6) is -0.0724. The highest BCUT2D eigenvalue weighted by atomic mass is 16.5. The molecule has 25 heavy (non-hydrogen) atoms. The van der Waals surface area contributed by atoms with Gasteiger partial charge in [-0.25, -0.2) is 0 Å². The van der Waals surface area contributed by atoms with Crippen LogP contribution in [-0.2, 0) is 17.9 Å². The maximum Gasteiger partial charge on any atom is 0.251 e. The van der Waals surface area contributed by atoms with Crippen LogP contribution in [0, 0.1) is 0 Å². The van der Waals surface area contributed by atoms with Gasteiger partial charge in [-0.2, -0.15) is 0 Å². The second kappa shape index (κ2) is 8.27. The van der Waals surface area contributed by atoms with Crippen LogP contribution < -0.4 is 5.32 Å². The third kappa shape index (κ3) is 4.55. The number of amides is 1. The Balaban J connectivity index is 1.62. The van der Waals surface area contributed by atoms with E-state index < -0.39 is 0 Å². The Morgan fingerprint density at radius 2 is 1.52 bits per heavy atom. The van der Waals surface area contributed by atoms with E-state index in [0.29, 0.717) is 18.7 Å². The minimum Gasteiger partial charge on any atom is -0.380 e. The van der Waals surface area contributed by atoms with E-state index in [4.69, 9.17) is 4.74 Å². The van der Waals surface area contributed by atoms with Gasteiger partial charge in [0.2, 0.25) is 0 Å². The maximum atomic E-state index is 12.3. The highest BCUT2D eigenvalue weighted by Gasteiger charge is 2.06. The summed E-state index contributed by atoms with van der Waals surface area (Å²) < 4.78 is 5.14. The van der Waals surface area contributed by atoms with Gasteiger partial charge >= 0.3 is 0 Å². The van der Waals surface area contributed by atoms with E-state index in [0.717, 1.165) is 22.3 Å². The van der Waals surface area contributed by atoms with Crippen LogP contribution >= 0.6 is 0 Å². The molecule has 0 radical (unpaired) electrons. The van der Waals surface area contributed by atoms with Crippen molar-refractivity contribution in [2.75, 3.05) is 7.11 Å². The van der Waals surface area contributed by atoms with Gasteiger partial charge in [0.25, 0.3) is 5.91 Å².